The topological polar surface area (TPSA) is 96.7 Å². The summed E-state index contributed by atoms with van der Waals surface area (Å²) in [6.07, 6.45) is 1.11. The number of ether oxygens (including phenoxy) is 3. The first kappa shape index (κ1) is 26.6. The summed E-state index contributed by atoms with van der Waals surface area (Å²) in [6.45, 7) is 7.95. The van der Waals surface area contributed by atoms with Gasteiger partial charge in [-0.25, -0.2) is 4.79 Å². The number of carbonyl (C=O) groups excluding carboxylic acids is 2. The molecule has 2 aliphatic heterocycles. The van der Waals surface area contributed by atoms with Gasteiger partial charge >= 0.3 is 6.09 Å². The van der Waals surface area contributed by atoms with Gasteiger partial charge < -0.3 is 33.7 Å². The summed E-state index contributed by atoms with van der Waals surface area (Å²) in [7, 11) is 6.88. The average Bonchev–Trinajstić information content (AvgIpc) is 3.36. The molecule has 0 atom stereocenters. The van der Waals surface area contributed by atoms with E-state index in [-0.39, 0.29) is 28.6 Å². The molecule has 1 amide bonds. The van der Waals surface area contributed by atoms with E-state index < -0.39 is 11.9 Å². The largest absolute Gasteiger partial charge is 0.507 e. The van der Waals surface area contributed by atoms with Crippen molar-refractivity contribution in [2.24, 2.45) is 0 Å². The molecule has 1 saturated heterocycles. The molecule has 0 aliphatic carbocycles. The molecule has 0 saturated carbocycles. The predicted octanol–water partition coefficient (Wildman–Crippen LogP) is 3.59. The maximum absolute atomic E-state index is 13.3. The fourth-order valence-corrected chi connectivity index (χ4v) is 5.05. The van der Waals surface area contributed by atoms with E-state index in [1.165, 1.54) is 17.0 Å². The number of allylic oxidation sites excluding steroid dienone is 1. The second-order valence-corrected chi connectivity index (χ2v) is 10.2. The molecule has 0 radical (unpaired) electrons. The third-order valence-corrected chi connectivity index (χ3v) is 7.39. The van der Waals surface area contributed by atoms with Gasteiger partial charge in [-0.15, -0.1) is 0 Å². The number of nitrogens with zero attached hydrogens (tertiary/aromatic N) is 4. The number of carbonyl (C=O) groups is 2. The molecule has 39 heavy (non-hydrogen) atoms. The number of phenolic OH excluding ortho intramolecular Hbond substituents is 1. The molecule has 3 aromatic rings. The Morgan fingerprint density at radius 2 is 1.85 bits per heavy atom. The molecular formula is C29H34N4O6. The van der Waals surface area contributed by atoms with E-state index in [4.69, 9.17) is 14.2 Å². The second kappa shape index (κ2) is 10.6. The van der Waals surface area contributed by atoms with Gasteiger partial charge in [0.1, 0.15) is 28.6 Å². The summed E-state index contributed by atoms with van der Waals surface area (Å²) in [5.74, 6) is 0.275. The van der Waals surface area contributed by atoms with E-state index in [9.17, 15) is 14.7 Å². The summed E-state index contributed by atoms with van der Waals surface area (Å²) in [5, 5.41) is 11.5. The van der Waals surface area contributed by atoms with Crippen molar-refractivity contribution < 1.29 is 28.9 Å². The number of fused-ring (bicyclic) bond motifs is 2. The van der Waals surface area contributed by atoms with Crippen LogP contribution in [0, 0.1) is 6.92 Å². The molecule has 10 nitrogen and oxygen atoms in total. The van der Waals surface area contributed by atoms with Crippen molar-refractivity contribution in [3.05, 3.63) is 52.9 Å². The minimum absolute atomic E-state index is 0.0416. The minimum atomic E-state index is -0.608. The van der Waals surface area contributed by atoms with Crippen LogP contribution >= 0.6 is 0 Å². The molecule has 1 aromatic heterocycles. The highest BCUT2D eigenvalue weighted by Gasteiger charge is 2.32. The van der Waals surface area contributed by atoms with Crippen molar-refractivity contribution in [3.63, 3.8) is 0 Å². The van der Waals surface area contributed by atoms with E-state index in [1.54, 1.807) is 27.3 Å². The Morgan fingerprint density at radius 1 is 1.10 bits per heavy atom. The van der Waals surface area contributed by atoms with Crippen LogP contribution in [0.4, 0.5) is 4.79 Å². The van der Waals surface area contributed by atoms with Gasteiger partial charge in [0.05, 0.1) is 7.11 Å². The Labute approximate surface area is 227 Å². The molecule has 10 heteroatoms. The van der Waals surface area contributed by atoms with E-state index in [0.717, 1.165) is 61.4 Å². The number of hydrogen-bond donors (Lipinski definition) is 1. The molecular weight excluding hydrogens is 500 g/mol. The van der Waals surface area contributed by atoms with E-state index in [2.05, 4.69) is 21.4 Å². The maximum Gasteiger partial charge on any atom is 0.414 e. The monoisotopic (exact) mass is 534 g/mol. The molecule has 0 unspecified atom stereocenters. The van der Waals surface area contributed by atoms with Gasteiger partial charge in [-0.3, -0.25) is 9.69 Å². The van der Waals surface area contributed by atoms with Crippen molar-refractivity contribution >= 4 is 28.9 Å². The molecule has 0 spiro atoms. The van der Waals surface area contributed by atoms with Crippen molar-refractivity contribution in [2.45, 2.75) is 13.5 Å². The molecule has 2 aromatic carbocycles. The zero-order valence-corrected chi connectivity index (χ0v) is 23.0. The van der Waals surface area contributed by atoms with Crippen LogP contribution in [0.15, 0.2) is 36.1 Å². The van der Waals surface area contributed by atoms with Gasteiger partial charge in [-0.2, -0.15) is 0 Å². The lowest BCUT2D eigenvalue weighted by Gasteiger charge is -2.32. The van der Waals surface area contributed by atoms with Crippen LogP contribution in [0.1, 0.15) is 21.6 Å². The number of hydrogen-bond acceptors (Lipinski definition) is 8. The van der Waals surface area contributed by atoms with Crippen LogP contribution in [0.5, 0.6) is 23.0 Å². The number of ketones is 1. The first-order chi connectivity index (χ1) is 18.7. The normalized spacial score (nSPS) is 16.9. The van der Waals surface area contributed by atoms with Gasteiger partial charge in [-0.1, -0.05) is 0 Å². The van der Waals surface area contributed by atoms with Crippen LogP contribution in [-0.4, -0.2) is 97.2 Å². The highest BCUT2D eigenvalue weighted by atomic mass is 16.6. The van der Waals surface area contributed by atoms with Crippen molar-refractivity contribution in [3.8, 4) is 23.0 Å². The number of benzene rings is 2. The van der Waals surface area contributed by atoms with Crippen molar-refractivity contribution in [1.29, 1.82) is 0 Å². The van der Waals surface area contributed by atoms with Gasteiger partial charge in [0.2, 0.25) is 5.78 Å². The Balaban J connectivity index is 1.48. The number of amides is 1. The summed E-state index contributed by atoms with van der Waals surface area (Å²) < 4.78 is 18.9. The maximum atomic E-state index is 13.3. The fourth-order valence-electron chi connectivity index (χ4n) is 5.05. The van der Waals surface area contributed by atoms with Crippen LogP contribution < -0.4 is 14.2 Å². The summed E-state index contributed by atoms with van der Waals surface area (Å²) in [6, 6.07) is 8.61. The third kappa shape index (κ3) is 5.17. The highest BCUT2D eigenvalue weighted by molar-refractivity contribution is 6.17. The molecule has 0 bridgehead atoms. The predicted molar refractivity (Wildman–Crippen MR) is 148 cm³/mol. The number of phenols is 1. The summed E-state index contributed by atoms with van der Waals surface area (Å²) in [4.78, 5) is 31.3. The van der Waals surface area contributed by atoms with Gasteiger partial charge in [0, 0.05) is 87.7 Å². The van der Waals surface area contributed by atoms with E-state index >= 15 is 0 Å². The standard InChI is InChI=1S/C29H34N4O6/c1-18-21(17-26-28(35)27-24(34)15-20(16-25(27)39-26)38-29(36)30(2)3)22-14-19(37-5)6-7-23(22)33(18)13-12-32-10-8-31(4)9-11-32/h6-7,14-17,34H,8-13H2,1-5H3/b26-17-. The first-order valence-electron chi connectivity index (χ1n) is 12.9. The zero-order chi connectivity index (χ0) is 27.8. The van der Waals surface area contributed by atoms with Gasteiger partial charge in [-0.05, 0) is 38.2 Å². The van der Waals surface area contributed by atoms with E-state index in [0.29, 0.717) is 5.75 Å². The zero-order valence-electron chi connectivity index (χ0n) is 23.0. The van der Waals surface area contributed by atoms with Crippen LogP contribution in [-0.2, 0) is 6.54 Å². The fraction of sp³-hybridized carbons (Fsp3) is 0.379. The Morgan fingerprint density at radius 3 is 2.54 bits per heavy atom. The Kier molecular flexibility index (Phi) is 7.24. The second-order valence-electron chi connectivity index (χ2n) is 10.2. The van der Waals surface area contributed by atoms with Crippen molar-refractivity contribution in [2.75, 3.05) is 61.0 Å². The molecule has 1 N–H and O–H groups in total. The number of methoxy groups -OCH3 is 1. The van der Waals surface area contributed by atoms with Crippen LogP contribution in [0.2, 0.25) is 0 Å². The number of piperazine rings is 1. The lowest BCUT2D eigenvalue weighted by Crippen LogP contribution is -2.45. The number of likely N-dealkylation sites (N-methyl/N-ethyl adjacent to an activating group) is 1. The van der Waals surface area contributed by atoms with E-state index in [1.807, 2.05) is 25.1 Å². The first-order valence-corrected chi connectivity index (χ1v) is 12.9. The lowest BCUT2D eigenvalue weighted by atomic mass is 10.1. The SMILES string of the molecule is COc1ccc2c(c1)c(/C=C1\Oc3cc(OC(=O)N(C)C)cc(O)c3C1=O)c(C)n2CCN1CCN(C)CC1. The Hall–Kier alpha value is -4.02. The third-order valence-electron chi connectivity index (χ3n) is 7.39. The van der Waals surface area contributed by atoms with Crippen LogP contribution in [0.25, 0.3) is 17.0 Å². The minimum Gasteiger partial charge on any atom is -0.507 e. The van der Waals surface area contributed by atoms with Crippen molar-refractivity contribution in [1.82, 2.24) is 19.3 Å². The van der Waals surface area contributed by atoms with Gasteiger partial charge in [0.25, 0.3) is 0 Å². The molecule has 5 rings (SSSR count). The molecule has 3 heterocycles. The number of rotatable bonds is 6. The molecule has 206 valence electrons. The summed E-state index contributed by atoms with van der Waals surface area (Å²) >= 11 is 0. The summed E-state index contributed by atoms with van der Waals surface area (Å²) in [5.41, 5.74) is 2.92. The Bertz CT molecular complexity index is 1470. The van der Waals surface area contributed by atoms with Gasteiger partial charge in [0.15, 0.2) is 5.76 Å². The average molecular weight is 535 g/mol. The quantitative estimate of drug-likeness (QED) is 0.480. The number of aromatic nitrogens is 1. The molecule has 2 aliphatic rings. The highest BCUT2D eigenvalue weighted by Crippen LogP contribution is 2.42. The lowest BCUT2D eigenvalue weighted by molar-refractivity contribution is 0.101. The number of Topliss-reactive ketones (excluding diaryl/α,β-unsaturated/α-hetero) is 1. The number of aromatic hydroxyl groups is 1. The molecule has 1 fully saturated rings. The van der Waals surface area contributed by atoms with Crippen LogP contribution in [0.3, 0.4) is 0 Å². The smallest absolute Gasteiger partial charge is 0.414 e.